The van der Waals surface area contributed by atoms with Gasteiger partial charge in [-0.05, 0) is 47.5 Å². The van der Waals surface area contributed by atoms with Gasteiger partial charge in [0.1, 0.15) is 5.60 Å². The summed E-state index contributed by atoms with van der Waals surface area (Å²) in [5.74, 6) is -0.826. The summed E-state index contributed by atoms with van der Waals surface area (Å²) in [5.41, 5.74) is -0.351. The third-order valence-electron chi connectivity index (χ3n) is 3.13. The zero-order chi connectivity index (χ0) is 15.6. The fraction of sp³-hybridized carbons (Fsp3) is 0.733. The first kappa shape index (κ1) is 16.5. The smallest absolute Gasteiger partial charge is 0.410 e. The summed E-state index contributed by atoms with van der Waals surface area (Å²) >= 11 is 0. The lowest BCUT2D eigenvalue weighted by atomic mass is 9.84. The van der Waals surface area contributed by atoms with Gasteiger partial charge in [-0.1, -0.05) is 11.6 Å². The van der Waals surface area contributed by atoms with E-state index in [1.54, 1.807) is 18.7 Å². The minimum absolute atomic E-state index is 0.337. The van der Waals surface area contributed by atoms with Gasteiger partial charge in [-0.3, -0.25) is 4.79 Å². The van der Waals surface area contributed by atoms with Gasteiger partial charge < -0.3 is 14.7 Å². The molecule has 20 heavy (non-hydrogen) atoms. The number of carboxylic acids is 1. The quantitative estimate of drug-likeness (QED) is 0.808. The maximum atomic E-state index is 12.0. The van der Waals surface area contributed by atoms with Gasteiger partial charge in [-0.15, -0.1) is 0 Å². The molecule has 5 heteroatoms. The van der Waals surface area contributed by atoms with Crippen LogP contribution in [0.2, 0.25) is 0 Å². The molecule has 1 aliphatic heterocycles. The third-order valence-corrected chi connectivity index (χ3v) is 3.13. The Morgan fingerprint density at radius 2 is 1.90 bits per heavy atom. The molecule has 0 saturated heterocycles. The van der Waals surface area contributed by atoms with Crippen LogP contribution in [0.15, 0.2) is 11.6 Å². The second kappa shape index (κ2) is 5.85. The first-order valence-corrected chi connectivity index (χ1v) is 6.90. The summed E-state index contributed by atoms with van der Waals surface area (Å²) in [7, 11) is 0. The molecule has 0 unspecified atom stereocenters. The number of carbonyl (C=O) groups excluding carboxylic acids is 1. The number of carboxylic acid groups (broad SMARTS) is 1. The standard InChI is InChI=1S/C15H25NO4/c1-14(2,3)20-13(19)16-8-6-7-11(10-16)9-15(4,5)12(17)18/h7H,6,8-10H2,1-5H3,(H,17,18). The van der Waals surface area contributed by atoms with E-state index in [1.807, 2.05) is 26.8 Å². The van der Waals surface area contributed by atoms with Crippen LogP contribution >= 0.6 is 0 Å². The molecule has 5 nitrogen and oxygen atoms in total. The molecule has 0 bridgehead atoms. The molecule has 1 aliphatic rings. The van der Waals surface area contributed by atoms with E-state index < -0.39 is 17.0 Å². The van der Waals surface area contributed by atoms with Gasteiger partial charge >= 0.3 is 12.1 Å². The highest BCUT2D eigenvalue weighted by Crippen LogP contribution is 2.28. The van der Waals surface area contributed by atoms with Gasteiger partial charge in [0.25, 0.3) is 0 Å². The summed E-state index contributed by atoms with van der Waals surface area (Å²) in [6.45, 7) is 9.96. The van der Waals surface area contributed by atoms with E-state index >= 15 is 0 Å². The Morgan fingerprint density at radius 3 is 2.40 bits per heavy atom. The average Bonchev–Trinajstić information content (AvgIpc) is 2.26. The number of rotatable bonds is 3. The molecule has 1 rings (SSSR count). The molecule has 1 heterocycles. The minimum atomic E-state index is -0.826. The summed E-state index contributed by atoms with van der Waals surface area (Å²) in [6.07, 6.45) is 2.88. The Bertz CT molecular complexity index is 418. The number of ether oxygens (including phenoxy) is 1. The molecule has 0 fully saturated rings. The van der Waals surface area contributed by atoms with E-state index in [9.17, 15) is 9.59 Å². The Morgan fingerprint density at radius 1 is 1.30 bits per heavy atom. The minimum Gasteiger partial charge on any atom is -0.481 e. The molecule has 0 aromatic carbocycles. The summed E-state index contributed by atoms with van der Waals surface area (Å²) in [6, 6.07) is 0. The Balaban J connectivity index is 2.65. The molecule has 1 N–H and O–H groups in total. The molecule has 0 saturated carbocycles. The van der Waals surface area contributed by atoms with Crippen molar-refractivity contribution >= 4 is 12.1 Å². The molecule has 114 valence electrons. The van der Waals surface area contributed by atoms with Crippen LogP contribution in [-0.2, 0) is 9.53 Å². The number of carbonyl (C=O) groups is 2. The summed E-state index contributed by atoms with van der Waals surface area (Å²) < 4.78 is 5.35. The molecule has 0 aliphatic carbocycles. The monoisotopic (exact) mass is 283 g/mol. The summed E-state index contributed by atoms with van der Waals surface area (Å²) in [5, 5.41) is 9.17. The van der Waals surface area contributed by atoms with Crippen LogP contribution in [-0.4, -0.2) is 40.8 Å². The molecule has 1 amide bonds. The van der Waals surface area contributed by atoms with Gasteiger partial charge in [0.15, 0.2) is 0 Å². The van der Waals surface area contributed by atoms with Gasteiger partial charge in [-0.25, -0.2) is 4.79 Å². The normalized spacial score (nSPS) is 16.6. The lowest BCUT2D eigenvalue weighted by Gasteiger charge is -2.32. The summed E-state index contributed by atoms with van der Waals surface area (Å²) in [4.78, 5) is 24.8. The number of aliphatic carboxylic acids is 1. The van der Waals surface area contributed by atoms with Crippen LogP contribution in [0.1, 0.15) is 47.5 Å². The second-order valence-electron chi connectivity index (χ2n) is 6.92. The lowest BCUT2D eigenvalue weighted by Crippen LogP contribution is -2.40. The van der Waals surface area contributed by atoms with Crippen molar-refractivity contribution in [2.45, 2.75) is 53.1 Å². The number of hydrogen-bond acceptors (Lipinski definition) is 3. The van der Waals surface area contributed by atoms with Crippen molar-refractivity contribution in [3.8, 4) is 0 Å². The van der Waals surface area contributed by atoms with Crippen LogP contribution in [0, 0.1) is 5.41 Å². The van der Waals surface area contributed by atoms with Crippen LogP contribution in [0.3, 0.4) is 0 Å². The van der Waals surface area contributed by atoms with Crippen molar-refractivity contribution in [1.29, 1.82) is 0 Å². The van der Waals surface area contributed by atoms with Crippen LogP contribution in [0.4, 0.5) is 4.79 Å². The zero-order valence-corrected chi connectivity index (χ0v) is 13.0. The number of nitrogens with zero attached hydrogens (tertiary/aromatic N) is 1. The largest absolute Gasteiger partial charge is 0.481 e. The average molecular weight is 283 g/mol. The fourth-order valence-corrected chi connectivity index (χ4v) is 2.07. The molecule has 0 radical (unpaired) electrons. The van der Waals surface area contributed by atoms with Crippen molar-refractivity contribution in [3.63, 3.8) is 0 Å². The van der Waals surface area contributed by atoms with E-state index in [2.05, 4.69) is 0 Å². The zero-order valence-electron chi connectivity index (χ0n) is 13.0. The lowest BCUT2D eigenvalue weighted by molar-refractivity contribution is -0.146. The first-order valence-electron chi connectivity index (χ1n) is 6.90. The van der Waals surface area contributed by atoms with Gasteiger partial charge in [0.05, 0.1) is 5.41 Å². The highest BCUT2D eigenvalue weighted by molar-refractivity contribution is 5.74. The van der Waals surface area contributed by atoms with E-state index in [1.165, 1.54) is 0 Å². The maximum Gasteiger partial charge on any atom is 0.410 e. The van der Waals surface area contributed by atoms with Gasteiger partial charge in [-0.2, -0.15) is 0 Å². The number of amides is 1. The maximum absolute atomic E-state index is 12.0. The Labute approximate surface area is 120 Å². The third kappa shape index (κ3) is 4.87. The van der Waals surface area contributed by atoms with Crippen LogP contribution in [0.5, 0.6) is 0 Å². The van der Waals surface area contributed by atoms with E-state index in [4.69, 9.17) is 9.84 Å². The van der Waals surface area contributed by atoms with E-state index in [0.717, 1.165) is 12.0 Å². The second-order valence-corrected chi connectivity index (χ2v) is 6.92. The molecular formula is C15H25NO4. The fourth-order valence-electron chi connectivity index (χ4n) is 2.07. The topological polar surface area (TPSA) is 66.8 Å². The van der Waals surface area contributed by atoms with Crippen LogP contribution < -0.4 is 0 Å². The van der Waals surface area contributed by atoms with Crippen LogP contribution in [0.25, 0.3) is 0 Å². The molecule has 0 aromatic rings. The predicted octanol–water partition coefficient (Wildman–Crippen LogP) is 3.05. The van der Waals surface area contributed by atoms with Crippen molar-refractivity contribution in [3.05, 3.63) is 11.6 Å². The van der Waals surface area contributed by atoms with Gasteiger partial charge in [0.2, 0.25) is 0 Å². The van der Waals surface area contributed by atoms with Crippen molar-refractivity contribution < 1.29 is 19.4 Å². The van der Waals surface area contributed by atoms with Crippen molar-refractivity contribution in [2.24, 2.45) is 5.41 Å². The highest BCUT2D eigenvalue weighted by Gasteiger charge is 2.31. The highest BCUT2D eigenvalue weighted by atomic mass is 16.6. The van der Waals surface area contributed by atoms with E-state index in [0.29, 0.717) is 19.5 Å². The molecular weight excluding hydrogens is 258 g/mol. The molecule has 0 spiro atoms. The SMILES string of the molecule is CC(C)(C)OC(=O)N1CCC=C(CC(C)(C)C(=O)O)C1. The molecule has 0 atom stereocenters. The Hall–Kier alpha value is -1.52. The van der Waals surface area contributed by atoms with Crippen molar-refractivity contribution in [2.75, 3.05) is 13.1 Å². The Kier molecular flexibility index (Phi) is 4.84. The van der Waals surface area contributed by atoms with Gasteiger partial charge in [0, 0.05) is 13.1 Å². The molecule has 0 aromatic heterocycles. The predicted molar refractivity (Wildman–Crippen MR) is 76.5 cm³/mol. The van der Waals surface area contributed by atoms with Crippen molar-refractivity contribution in [1.82, 2.24) is 4.90 Å². The van der Waals surface area contributed by atoms with E-state index in [-0.39, 0.29) is 6.09 Å². The number of hydrogen-bond donors (Lipinski definition) is 1. The first-order chi connectivity index (χ1) is 9.01.